The predicted octanol–water partition coefficient (Wildman–Crippen LogP) is 1.30. The molecule has 1 atom stereocenters. The number of aliphatic carboxylic acids is 1. The Bertz CT molecular complexity index is 1190. The zero-order valence-corrected chi connectivity index (χ0v) is 18.9. The molecule has 3 heterocycles. The molecule has 11 nitrogen and oxygen atoms in total. The lowest BCUT2D eigenvalue weighted by Crippen LogP contribution is -2.52. The van der Waals surface area contributed by atoms with E-state index in [0.717, 1.165) is 16.9 Å². The fraction of sp³-hybridized carbons (Fsp3) is 0.455. The number of benzene rings is 1. The van der Waals surface area contributed by atoms with Gasteiger partial charge in [-0.25, -0.2) is 9.48 Å². The number of carbonyl (C=O) groups excluding carboxylic acids is 3. The highest BCUT2D eigenvalue weighted by Gasteiger charge is 2.39. The van der Waals surface area contributed by atoms with E-state index in [4.69, 9.17) is 9.90 Å². The van der Waals surface area contributed by atoms with E-state index in [1.807, 2.05) is 18.3 Å². The molecule has 3 N–H and O–H groups in total. The monoisotopic (exact) mass is 508 g/mol. The fourth-order valence-corrected chi connectivity index (χ4v) is 4.05. The number of imide groups is 1. The second kappa shape index (κ2) is 10.0. The van der Waals surface area contributed by atoms with Gasteiger partial charge in [0.2, 0.25) is 11.8 Å². The van der Waals surface area contributed by atoms with Gasteiger partial charge in [0.25, 0.3) is 5.91 Å². The fourth-order valence-electron chi connectivity index (χ4n) is 4.05. The molecule has 14 heteroatoms. The van der Waals surface area contributed by atoms with E-state index in [0.29, 0.717) is 31.1 Å². The molecule has 0 spiro atoms. The average Bonchev–Trinajstić information content (AvgIpc) is 3.37. The largest absolute Gasteiger partial charge is 0.490 e. The first-order valence-corrected chi connectivity index (χ1v) is 11.3. The molecule has 1 unspecified atom stereocenters. The van der Waals surface area contributed by atoms with E-state index >= 15 is 0 Å². The van der Waals surface area contributed by atoms with Crippen LogP contribution in [0.4, 0.5) is 13.2 Å². The van der Waals surface area contributed by atoms with Crippen LogP contribution < -0.4 is 10.6 Å². The highest BCUT2D eigenvalue weighted by molar-refractivity contribution is 6.05. The number of hydrogen-bond acceptors (Lipinski definition) is 7. The number of alkyl halides is 3. The molecule has 2 fully saturated rings. The molecule has 0 radical (unpaired) electrons. The minimum absolute atomic E-state index is 0.191. The Labute approximate surface area is 202 Å². The van der Waals surface area contributed by atoms with Gasteiger partial charge in [-0.05, 0) is 37.0 Å². The molecule has 1 saturated heterocycles. The average molecular weight is 508 g/mol. The number of carbonyl (C=O) groups is 4. The Balaban J connectivity index is 0.000000384. The number of carboxylic acids is 1. The van der Waals surface area contributed by atoms with E-state index in [1.165, 1.54) is 19.3 Å². The number of rotatable bonds is 5. The highest BCUT2D eigenvalue weighted by atomic mass is 19.4. The molecule has 192 valence electrons. The van der Waals surface area contributed by atoms with Crippen LogP contribution in [0, 0.1) is 0 Å². The zero-order valence-electron chi connectivity index (χ0n) is 18.9. The first kappa shape index (κ1) is 25.3. The molecular weight excluding hydrogens is 485 g/mol. The van der Waals surface area contributed by atoms with Crippen molar-refractivity contribution in [1.82, 2.24) is 30.5 Å². The summed E-state index contributed by atoms with van der Waals surface area (Å²) in [7, 11) is 0. The molecule has 2 aromatic rings. The Hall–Kier alpha value is -3.81. The second-order valence-electron chi connectivity index (χ2n) is 8.71. The van der Waals surface area contributed by atoms with Crippen LogP contribution >= 0.6 is 0 Å². The van der Waals surface area contributed by atoms with Crippen molar-refractivity contribution in [2.75, 3.05) is 0 Å². The first-order chi connectivity index (χ1) is 17.0. The van der Waals surface area contributed by atoms with Crippen LogP contribution in [-0.2, 0) is 27.5 Å². The van der Waals surface area contributed by atoms with Crippen LogP contribution in [0.1, 0.15) is 53.7 Å². The maximum Gasteiger partial charge on any atom is 0.490 e. The summed E-state index contributed by atoms with van der Waals surface area (Å²) in [6.07, 6.45) is 1.10. The third-order valence-electron chi connectivity index (χ3n) is 6.24. The zero-order chi connectivity index (χ0) is 26.0. The summed E-state index contributed by atoms with van der Waals surface area (Å²) in [4.78, 5) is 46.9. The van der Waals surface area contributed by atoms with Crippen molar-refractivity contribution in [1.29, 1.82) is 0 Å². The minimum Gasteiger partial charge on any atom is -0.475 e. The molecule has 3 amide bonds. The second-order valence-corrected chi connectivity index (χ2v) is 8.71. The summed E-state index contributed by atoms with van der Waals surface area (Å²) in [6, 6.07) is 5.56. The molecule has 1 saturated carbocycles. The summed E-state index contributed by atoms with van der Waals surface area (Å²) >= 11 is 0. The van der Waals surface area contributed by atoms with Crippen molar-refractivity contribution in [2.24, 2.45) is 0 Å². The number of aromatic nitrogens is 3. The van der Waals surface area contributed by atoms with Gasteiger partial charge in [0.15, 0.2) is 0 Å². The standard InChI is InChI=1S/C20H22N6O3.C2HF3O2/c27-18-7-6-17(19(28)22-18)25-10-12-4-5-15(8-16(12)20(25)29)26-11-14(23-24-26)9-21-13-2-1-3-13;3-2(4,5)1(6)7/h4-5,8,11,13,17,21H,1-3,6-7,9-10H2,(H,22,27,28);(H,6,7). The van der Waals surface area contributed by atoms with Gasteiger partial charge in [-0.3, -0.25) is 19.7 Å². The van der Waals surface area contributed by atoms with Crippen molar-refractivity contribution >= 4 is 23.7 Å². The van der Waals surface area contributed by atoms with Crippen molar-refractivity contribution in [3.8, 4) is 5.69 Å². The molecular formula is C22H23F3N6O5. The molecule has 36 heavy (non-hydrogen) atoms. The summed E-state index contributed by atoms with van der Waals surface area (Å²) in [5, 5.41) is 21.3. The molecule has 2 aliphatic heterocycles. The Kier molecular flexibility index (Phi) is 7.06. The van der Waals surface area contributed by atoms with Crippen molar-refractivity contribution in [2.45, 2.75) is 63.5 Å². The predicted molar refractivity (Wildman–Crippen MR) is 116 cm³/mol. The number of carboxylic acid groups (broad SMARTS) is 1. The molecule has 5 rings (SSSR count). The number of nitrogens with one attached hydrogen (secondary N) is 2. The van der Waals surface area contributed by atoms with E-state index < -0.39 is 24.1 Å². The van der Waals surface area contributed by atoms with Gasteiger partial charge in [0.05, 0.1) is 17.6 Å². The topological polar surface area (TPSA) is 147 Å². The quantitative estimate of drug-likeness (QED) is 0.513. The molecule has 1 aromatic carbocycles. The molecule has 1 aliphatic carbocycles. The van der Waals surface area contributed by atoms with E-state index in [1.54, 1.807) is 15.6 Å². The number of piperidine rings is 1. The lowest BCUT2D eigenvalue weighted by atomic mass is 9.93. The number of amides is 3. The van der Waals surface area contributed by atoms with Gasteiger partial charge in [0.1, 0.15) is 6.04 Å². The first-order valence-electron chi connectivity index (χ1n) is 11.3. The van der Waals surface area contributed by atoms with Crippen molar-refractivity contribution in [3.63, 3.8) is 0 Å². The Morgan fingerprint density at radius 3 is 2.53 bits per heavy atom. The normalized spacial score (nSPS) is 19.8. The van der Waals surface area contributed by atoms with E-state index in [2.05, 4.69) is 20.9 Å². The van der Waals surface area contributed by atoms with Gasteiger partial charge in [0, 0.05) is 31.1 Å². The summed E-state index contributed by atoms with van der Waals surface area (Å²) in [6.45, 7) is 1.05. The van der Waals surface area contributed by atoms with Crippen LogP contribution in [0.2, 0.25) is 0 Å². The van der Waals surface area contributed by atoms with Crippen LogP contribution in [0.15, 0.2) is 24.4 Å². The van der Waals surface area contributed by atoms with E-state index in [9.17, 15) is 27.6 Å². The van der Waals surface area contributed by atoms with Gasteiger partial charge < -0.3 is 15.3 Å². The summed E-state index contributed by atoms with van der Waals surface area (Å²) in [5.74, 6) is -3.63. The molecule has 0 bridgehead atoms. The third-order valence-corrected chi connectivity index (χ3v) is 6.24. The maximum atomic E-state index is 12.9. The number of nitrogens with zero attached hydrogens (tertiary/aromatic N) is 4. The number of hydrogen-bond donors (Lipinski definition) is 3. The number of halogens is 3. The van der Waals surface area contributed by atoms with Crippen LogP contribution in [0.5, 0.6) is 0 Å². The van der Waals surface area contributed by atoms with Crippen molar-refractivity contribution in [3.05, 3.63) is 41.2 Å². The van der Waals surface area contributed by atoms with Crippen LogP contribution in [-0.4, -0.2) is 67.0 Å². The van der Waals surface area contributed by atoms with Crippen molar-refractivity contribution < 1.29 is 37.5 Å². The Morgan fingerprint density at radius 2 is 1.92 bits per heavy atom. The van der Waals surface area contributed by atoms with E-state index in [-0.39, 0.29) is 18.2 Å². The Morgan fingerprint density at radius 1 is 1.19 bits per heavy atom. The smallest absolute Gasteiger partial charge is 0.475 e. The minimum atomic E-state index is -5.08. The van der Waals surface area contributed by atoms with Gasteiger partial charge in [-0.1, -0.05) is 17.7 Å². The highest BCUT2D eigenvalue weighted by Crippen LogP contribution is 2.29. The third kappa shape index (κ3) is 5.53. The molecule has 1 aromatic heterocycles. The van der Waals surface area contributed by atoms with Gasteiger partial charge in [-0.2, -0.15) is 13.2 Å². The molecule has 3 aliphatic rings. The van der Waals surface area contributed by atoms with Gasteiger partial charge >= 0.3 is 12.1 Å². The van der Waals surface area contributed by atoms with Gasteiger partial charge in [-0.15, -0.1) is 5.10 Å². The summed E-state index contributed by atoms with van der Waals surface area (Å²) < 4.78 is 33.4. The SMILES string of the molecule is O=C(O)C(F)(F)F.O=C1CCC(N2Cc3ccc(-n4cc(CNC5CCC5)nn4)cc3C2=O)C(=O)N1. The maximum absolute atomic E-state index is 12.9. The van der Waals surface area contributed by atoms with Crippen LogP contribution in [0.3, 0.4) is 0 Å². The lowest BCUT2D eigenvalue weighted by Gasteiger charge is -2.29. The lowest BCUT2D eigenvalue weighted by molar-refractivity contribution is -0.192. The number of fused-ring (bicyclic) bond motifs is 1. The summed E-state index contributed by atoms with van der Waals surface area (Å²) in [5.41, 5.74) is 3.05. The van der Waals surface area contributed by atoms with Crippen LogP contribution in [0.25, 0.3) is 5.69 Å².